The number of hydrogen-bond donors (Lipinski definition) is 2. The Labute approximate surface area is 182 Å². The van der Waals surface area contributed by atoms with E-state index in [1.807, 2.05) is 0 Å². The fourth-order valence-electron chi connectivity index (χ4n) is 3.02. The van der Waals surface area contributed by atoms with Crippen molar-refractivity contribution in [1.82, 2.24) is 15.3 Å². The maximum absolute atomic E-state index is 12.9. The van der Waals surface area contributed by atoms with E-state index in [0.29, 0.717) is 5.69 Å². The number of aromatic nitrogens is 2. The first-order valence-corrected chi connectivity index (χ1v) is 11.1. The lowest BCUT2D eigenvalue weighted by atomic mass is 10.2. The third-order valence-corrected chi connectivity index (χ3v) is 7.26. The topological polar surface area (TPSA) is 91.9 Å². The van der Waals surface area contributed by atoms with Gasteiger partial charge in [0.05, 0.1) is 14.9 Å². The molecule has 0 unspecified atom stereocenters. The van der Waals surface area contributed by atoms with Gasteiger partial charge in [-0.05, 0) is 42.0 Å². The zero-order chi connectivity index (χ0) is 21.3. The lowest BCUT2D eigenvalue weighted by Gasteiger charge is -2.10. The van der Waals surface area contributed by atoms with Crippen molar-refractivity contribution in [1.29, 1.82) is 0 Å². The van der Waals surface area contributed by atoms with Crippen molar-refractivity contribution in [3.8, 4) is 0 Å². The number of aromatic amines is 1. The van der Waals surface area contributed by atoms with Crippen LogP contribution in [-0.4, -0.2) is 24.3 Å². The SMILES string of the molecule is O=C(NCc1ccc(S(=O)(=O)c2c(Cl)cccc2Cl)cc1)c1cc2cnccc2[nH]1. The van der Waals surface area contributed by atoms with Crippen LogP contribution in [0.25, 0.3) is 10.9 Å². The first kappa shape index (κ1) is 20.4. The Hall–Kier alpha value is -2.87. The molecule has 1 amide bonds. The van der Waals surface area contributed by atoms with Crippen molar-refractivity contribution >= 4 is 49.8 Å². The third kappa shape index (κ3) is 3.92. The molecule has 0 spiro atoms. The molecule has 0 fully saturated rings. The molecule has 152 valence electrons. The number of carbonyl (C=O) groups excluding carboxylic acids is 1. The molecule has 0 saturated heterocycles. The molecule has 2 heterocycles. The number of rotatable bonds is 5. The van der Waals surface area contributed by atoms with Gasteiger partial charge >= 0.3 is 0 Å². The second-order valence-electron chi connectivity index (χ2n) is 6.53. The Morgan fingerprint density at radius 2 is 1.73 bits per heavy atom. The largest absolute Gasteiger partial charge is 0.350 e. The van der Waals surface area contributed by atoms with Gasteiger partial charge in [-0.1, -0.05) is 41.4 Å². The minimum absolute atomic E-state index is 0.0624. The van der Waals surface area contributed by atoms with Crippen LogP contribution in [-0.2, 0) is 16.4 Å². The summed E-state index contributed by atoms with van der Waals surface area (Å²) in [4.78, 5) is 19.4. The fraction of sp³-hybridized carbons (Fsp3) is 0.0476. The number of benzene rings is 2. The summed E-state index contributed by atoms with van der Waals surface area (Å²) in [5.41, 5.74) is 1.99. The predicted molar refractivity (Wildman–Crippen MR) is 116 cm³/mol. The average Bonchev–Trinajstić information content (AvgIpc) is 3.16. The summed E-state index contributed by atoms with van der Waals surface area (Å²) in [6.07, 6.45) is 3.32. The first-order valence-electron chi connectivity index (χ1n) is 8.85. The molecule has 2 aromatic carbocycles. The Balaban J connectivity index is 1.49. The van der Waals surface area contributed by atoms with E-state index in [2.05, 4.69) is 15.3 Å². The van der Waals surface area contributed by atoms with Crippen LogP contribution in [0.4, 0.5) is 0 Å². The van der Waals surface area contributed by atoms with Crippen molar-refractivity contribution in [2.24, 2.45) is 0 Å². The Morgan fingerprint density at radius 3 is 2.40 bits per heavy atom. The summed E-state index contributed by atoms with van der Waals surface area (Å²) >= 11 is 12.1. The second-order valence-corrected chi connectivity index (χ2v) is 9.23. The van der Waals surface area contributed by atoms with Crippen LogP contribution in [0.3, 0.4) is 0 Å². The number of amides is 1. The molecular weight excluding hydrogens is 445 g/mol. The Kier molecular flexibility index (Phi) is 5.51. The molecular formula is C21H15Cl2N3O3S. The van der Waals surface area contributed by atoms with Crippen LogP contribution in [0.2, 0.25) is 10.0 Å². The smallest absolute Gasteiger partial charge is 0.267 e. The average molecular weight is 460 g/mol. The summed E-state index contributed by atoms with van der Waals surface area (Å²) in [6.45, 7) is 0.236. The second kappa shape index (κ2) is 8.10. The molecule has 2 N–H and O–H groups in total. The van der Waals surface area contributed by atoms with Crippen molar-refractivity contribution in [2.75, 3.05) is 0 Å². The predicted octanol–water partition coefficient (Wildman–Crippen LogP) is 4.63. The van der Waals surface area contributed by atoms with Gasteiger partial charge in [0.2, 0.25) is 9.84 Å². The number of halogens is 2. The number of sulfone groups is 1. The molecule has 0 atom stereocenters. The molecule has 0 bridgehead atoms. The van der Waals surface area contributed by atoms with E-state index in [-0.39, 0.29) is 32.3 Å². The molecule has 2 aromatic heterocycles. The number of hydrogen-bond acceptors (Lipinski definition) is 4. The zero-order valence-corrected chi connectivity index (χ0v) is 17.7. The van der Waals surface area contributed by atoms with Crippen molar-refractivity contribution in [3.05, 3.63) is 88.3 Å². The quantitative estimate of drug-likeness (QED) is 0.454. The number of nitrogens with zero attached hydrogens (tertiary/aromatic N) is 1. The van der Waals surface area contributed by atoms with Crippen LogP contribution < -0.4 is 5.32 Å². The molecule has 4 aromatic rings. The standard InChI is InChI=1S/C21H15Cl2N3O3S/c22-16-2-1-3-17(23)20(16)30(28,29)15-6-4-13(5-7-15)11-25-21(27)19-10-14-12-24-9-8-18(14)26-19/h1-10,12,26H,11H2,(H,25,27). The zero-order valence-electron chi connectivity index (χ0n) is 15.4. The van der Waals surface area contributed by atoms with Gasteiger partial charge in [-0.3, -0.25) is 9.78 Å². The fourth-order valence-corrected chi connectivity index (χ4v) is 5.40. The van der Waals surface area contributed by atoms with E-state index in [0.717, 1.165) is 16.5 Å². The third-order valence-electron chi connectivity index (χ3n) is 4.54. The molecule has 30 heavy (non-hydrogen) atoms. The van der Waals surface area contributed by atoms with E-state index in [1.165, 1.54) is 24.3 Å². The number of fused-ring (bicyclic) bond motifs is 1. The van der Waals surface area contributed by atoms with Gasteiger partial charge in [0.1, 0.15) is 10.6 Å². The van der Waals surface area contributed by atoms with Crippen molar-refractivity contribution in [3.63, 3.8) is 0 Å². The van der Waals surface area contributed by atoms with Gasteiger partial charge in [-0.2, -0.15) is 0 Å². The van der Waals surface area contributed by atoms with Crippen molar-refractivity contribution < 1.29 is 13.2 Å². The molecule has 9 heteroatoms. The number of nitrogens with one attached hydrogen (secondary N) is 2. The highest BCUT2D eigenvalue weighted by molar-refractivity contribution is 7.91. The molecule has 0 radical (unpaired) electrons. The molecule has 0 aliphatic heterocycles. The highest BCUT2D eigenvalue weighted by atomic mass is 35.5. The van der Waals surface area contributed by atoms with Gasteiger partial charge in [0.25, 0.3) is 5.91 Å². The van der Waals surface area contributed by atoms with Gasteiger partial charge < -0.3 is 10.3 Å². The maximum Gasteiger partial charge on any atom is 0.267 e. The van der Waals surface area contributed by atoms with E-state index in [9.17, 15) is 13.2 Å². The normalized spacial score (nSPS) is 11.5. The molecule has 0 saturated carbocycles. The summed E-state index contributed by atoms with van der Waals surface area (Å²) in [5.74, 6) is -0.272. The minimum Gasteiger partial charge on any atom is -0.350 e. The van der Waals surface area contributed by atoms with Crippen LogP contribution in [0.5, 0.6) is 0 Å². The number of carbonyl (C=O) groups is 1. The lowest BCUT2D eigenvalue weighted by Crippen LogP contribution is -2.23. The summed E-state index contributed by atoms with van der Waals surface area (Å²) in [5, 5.41) is 3.77. The summed E-state index contributed by atoms with van der Waals surface area (Å²) in [7, 11) is -3.87. The van der Waals surface area contributed by atoms with E-state index >= 15 is 0 Å². The van der Waals surface area contributed by atoms with Crippen LogP contribution in [0, 0.1) is 0 Å². The highest BCUT2D eigenvalue weighted by Crippen LogP contribution is 2.33. The van der Waals surface area contributed by atoms with E-state index in [4.69, 9.17) is 23.2 Å². The molecule has 0 aliphatic carbocycles. The molecule has 4 rings (SSSR count). The van der Waals surface area contributed by atoms with Crippen LogP contribution in [0.1, 0.15) is 16.1 Å². The van der Waals surface area contributed by atoms with Gasteiger partial charge in [-0.15, -0.1) is 0 Å². The van der Waals surface area contributed by atoms with Gasteiger partial charge in [-0.25, -0.2) is 8.42 Å². The van der Waals surface area contributed by atoms with Crippen LogP contribution in [0.15, 0.2) is 76.8 Å². The van der Waals surface area contributed by atoms with Crippen LogP contribution >= 0.6 is 23.2 Å². The molecule has 0 aliphatic rings. The number of H-pyrrole nitrogens is 1. The van der Waals surface area contributed by atoms with Crippen molar-refractivity contribution in [2.45, 2.75) is 16.3 Å². The summed E-state index contributed by atoms with van der Waals surface area (Å²) in [6, 6.07) is 14.2. The monoisotopic (exact) mass is 459 g/mol. The Bertz CT molecular complexity index is 1300. The first-order chi connectivity index (χ1) is 14.4. The highest BCUT2D eigenvalue weighted by Gasteiger charge is 2.23. The van der Waals surface area contributed by atoms with Gasteiger partial charge in [0.15, 0.2) is 0 Å². The number of pyridine rings is 1. The molecule has 6 nitrogen and oxygen atoms in total. The Morgan fingerprint density at radius 1 is 1.03 bits per heavy atom. The summed E-state index contributed by atoms with van der Waals surface area (Å²) < 4.78 is 25.8. The lowest BCUT2D eigenvalue weighted by molar-refractivity contribution is 0.0946. The van der Waals surface area contributed by atoms with E-state index in [1.54, 1.807) is 42.7 Å². The van der Waals surface area contributed by atoms with E-state index < -0.39 is 9.84 Å². The maximum atomic E-state index is 12.9. The minimum atomic E-state index is -3.87. The van der Waals surface area contributed by atoms with Gasteiger partial charge in [0, 0.05) is 29.8 Å².